The number of unbranched alkanes of at least 4 members (excludes halogenated alkanes) is 3. The van der Waals surface area contributed by atoms with Crippen LogP contribution in [0.2, 0.25) is 0 Å². The van der Waals surface area contributed by atoms with E-state index in [1.807, 2.05) is 24.3 Å². The monoisotopic (exact) mass is 346 g/mol. The molecule has 0 aliphatic rings. The summed E-state index contributed by atoms with van der Waals surface area (Å²) in [6.07, 6.45) is 5.41. The highest BCUT2D eigenvalue weighted by Crippen LogP contribution is 2.35. The molecule has 1 N–H and O–H groups in total. The van der Waals surface area contributed by atoms with Gasteiger partial charge in [-0.25, -0.2) is 4.98 Å². The summed E-state index contributed by atoms with van der Waals surface area (Å²) in [6.45, 7) is 2.20. The summed E-state index contributed by atoms with van der Waals surface area (Å²) in [5, 5.41) is 2.00. The quantitative estimate of drug-likeness (QED) is 0.307. The number of nitrogens with one attached hydrogen (secondary N) is 1. The molecule has 0 saturated heterocycles. The molecule has 4 rings (SSSR count). The Bertz CT molecular complexity index is 1030. The maximum atomic E-state index is 14.3. The Balaban J connectivity index is 1.87. The highest BCUT2D eigenvalue weighted by molar-refractivity contribution is 6.14. The second-order valence-electron chi connectivity index (χ2n) is 6.84. The minimum absolute atomic E-state index is 0.397. The van der Waals surface area contributed by atoms with Crippen LogP contribution < -0.4 is 0 Å². The SMILES string of the molecule is CCCCCCc1nc(F)cc2c1[nH]c1cccc(-c3ccccc3)c12. The minimum Gasteiger partial charge on any atom is -0.353 e. The van der Waals surface area contributed by atoms with Crippen molar-refractivity contribution in [1.29, 1.82) is 0 Å². The first kappa shape index (κ1) is 16.8. The molecule has 0 aliphatic carbocycles. The molecule has 2 aromatic carbocycles. The fourth-order valence-corrected chi connectivity index (χ4v) is 3.74. The van der Waals surface area contributed by atoms with Gasteiger partial charge in [0.1, 0.15) is 0 Å². The van der Waals surface area contributed by atoms with Gasteiger partial charge in [-0.3, -0.25) is 0 Å². The number of aryl methyl sites for hydroxylation is 1. The van der Waals surface area contributed by atoms with E-state index in [4.69, 9.17) is 0 Å². The van der Waals surface area contributed by atoms with Crippen molar-refractivity contribution in [2.24, 2.45) is 0 Å². The Morgan fingerprint density at radius 2 is 1.81 bits per heavy atom. The molecule has 0 saturated carbocycles. The van der Waals surface area contributed by atoms with Crippen molar-refractivity contribution in [1.82, 2.24) is 9.97 Å². The zero-order valence-corrected chi connectivity index (χ0v) is 15.1. The molecule has 0 fully saturated rings. The molecule has 0 amide bonds. The molecule has 0 aliphatic heterocycles. The molecule has 0 unspecified atom stereocenters. The molecule has 0 bridgehead atoms. The highest BCUT2D eigenvalue weighted by Gasteiger charge is 2.15. The Kier molecular flexibility index (Phi) is 4.70. The standard InChI is InChI=1S/C23H23FN2/c1-2-3-4-8-13-20-23-18(15-21(24)25-20)22-17(12-9-14-19(22)26-23)16-10-6-5-7-11-16/h5-7,9-12,14-15,26H,2-4,8,13H2,1H3. The largest absolute Gasteiger partial charge is 0.353 e. The number of H-pyrrole nitrogens is 1. The van der Waals surface area contributed by atoms with Crippen LogP contribution in [0.4, 0.5) is 4.39 Å². The van der Waals surface area contributed by atoms with E-state index in [2.05, 4.69) is 41.2 Å². The lowest BCUT2D eigenvalue weighted by Crippen LogP contribution is -1.95. The Hall–Kier alpha value is -2.68. The molecular formula is C23H23FN2. The normalized spacial score (nSPS) is 11.5. The summed E-state index contributed by atoms with van der Waals surface area (Å²) in [6, 6.07) is 18.0. The second kappa shape index (κ2) is 7.28. The summed E-state index contributed by atoms with van der Waals surface area (Å²) in [5.74, 6) is -0.397. The Labute approximate surface area is 153 Å². The lowest BCUT2D eigenvalue weighted by Gasteiger charge is -2.05. The molecular weight excluding hydrogens is 323 g/mol. The summed E-state index contributed by atoms with van der Waals surface area (Å²) in [5.41, 5.74) is 5.11. The molecule has 2 nitrogen and oxygen atoms in total. The third-order valence-electron chi connectivity index (χ3n) is 5.01. The van der Waals surface area contributed by atoms with Crippen molar-refractivity contribution in [3.8, 4) is 11.1 Å². The smallest absolute Gasteiger partial charge is 0.213 e. The van der Waals surface area contributed by atoms with E-state index >= 15 is 0 Å². The molecule has 2 aromatic heterocycles. The van der Waals surface area contributed by atoms with Crippen LogP contribution in [0, 0.1) is 5.95 Å². The number of benzene rings is 2. The van der Waals surface area contributed by atoms with Gasteiger partial charge in [-0.15, -0.1) is 0 Å². The molecule has 0 spiro atoms. The van der Waals surface area contributed by atoms with Crippen LogP contribution in [-0.4, -0.2) is 9.97 Å². The van der Waals surface area contributed by atoms with E-state index in [0.29, 0.717) is 0 Å². The number of fused-ring (bicyclic) bond motifs is 3. The van der Waals surface area contributed by atoms with Gasteiger partial charge in [0.25, 0.3) is 0 Å². The van der Waals surface area contributed by atoms with Gasteiger partial charge in [0.15, 0.2) is 0 Å². The van der Waals surface area contributed by atoms with Crippen molar-refractivity contribution in [3.05, 3.63) is 66.2 Å². The van der Waals surface area contributed by atoms with E-state index in [1.54, 1.807) is 6.07 Å². The van der Waals surface area contributed by atoms with Crippen LogP contribution in [-0.2, 0) is 6.42 Å². The fourth-order valence-electron chi connectivity index (χ4n) is 3.74. The second-order valence-corrected chi connectivity index (χ2v) is 6.84. The van der Waals surface area contributed by atoms with Gasteiger partial charge in [0.05, 0.1) is 11.2 Å². The number of pyridine rings is 1. The Morgan fingerprint density at radius 3 is 2.62 bits per heavy atom. The van der Waals surface area contributed by atoms with Gasteiger partial charge in [0.2, 0.25) is 5.95 Å². The van der Waals surface area contributed by atoms with Gasteiger partial charge in [-0.2, -0.15) is 4.39 Å². The fraction of sp³-hybridized carbons (Fsp3) is 0.261. The number of hydrogen-bond donors (Lipinski definition) is 1. The lowest BCUT2D eigenvalue weighted by molar-refractivity contribution is 0.574. The van der Waals surface area contributed by atoms with Crippen LogP contribution in [0.1, 0.15) is 38.3 Å². The van der Waals surface area contributed by atoms with Crippen molar-refractivity contribution < 1.29 is 4.39 Å². The molecule has 26 heavy (non-hydrogen) atoms. The first-order chi connectivity index (χ1) is 12.8. The van der Waals surface area contributed by atoms with Crippen LogP contribution in [0.25, 0.3) is 32.9 Å². The first-order valence-corrected chi connectivity index (χ1v) is 9.43. The van der Waals surface area contributed by atoms with Gasteiger partial charge in [0, 0.05) is 22.4 Å². The average Bonchev–Trinajstić information content (AvgIpc) is 3.04. The lowest BCUT2D eigenvalue weighted by atomic mass is 9.99. The van der Waals surface area contributed by atoms with E-state index < -0.39 is 5.95 Å². The molecule has 132 valence electrons. The average molecular weight is 346 g/mol. The van der Waals surface area contributed by atoms with E-state index in [1.165, 1.54) is 12.8 Å². The third-order valence-corrected chi connectivity index (χ3v) is 5.01. The summed E-state index contributed by atoms with van der Waals surface area (Å²) in [7, 11) is 0. The highest BCUT2D eigenvalue weighted by atomic mass is 19.1. The van der Waals surface area contributed by atoms with E-state index in [0.717, 1.165) is 57.9 Å². The predicted molar refractivity (Wildman–Crippen MR) is 107 cm³/mol. The maximum Gasteiger partial charge on any atom is 0.213 e. The summed E-state index contributed by atoms with van der Waals surface area (Å²) >= 11 is 0. The number of hydrogen-bond acceptors (Lipinski definition) is 1. The van der Waals surface area contributed by atoms with Gasteiger partial charge in [-0.1, -0.05) is 68.7 Å². The molecule has 0 radical (unpaired) electrons. The molecule has 2 heterocycles. The van der Waals surface area contributed by atoms with E-state index in [-0.39, 0.29) is 0 Å². The van der Waals surface area contributed by atoms with Crippen LogP contribution >= 0.6 is 0 Å². The predicted octanol–water partition coefficient (Wildman–Crippen LogP) is 6.65. The van der Waals surface area contributed by atoms with Crippen LogP contribution in [0.3, 0.4) is 0 Å². The number of rotatable bonds is 6. The number of halogens is 1. The summed E-state index contributed by atoms with van der Waals surface area (Å²) < 4.78 is 14.3. The van der Waals surface area contributed by atoms with Crippen molar-refractivity contribution in [2.75, 3.05) is 0 Å². The van der Waals surface area contributed by atoms with Gasteiger partial charge < -0.3 is 4.98 Å². The molecule has 4 aromatic rings. The minimum atomic E-state index is -0.397. The zero-order valence-electron chi connectivity index (χ0n) is 15.1. The summed E-state index contributed by atoms with van der Waals surface area (Å²) in [4.78, 5) is 7.69. The molecule has 3 heteroatoms. The van der Waals surface area contributed by atoms with Crippen LogP contribution in [0.15, 0.2) is 54.6 Å². The van der Waals surface area contributed by atoms with E-state index in [9.17, 15) is 4.39 Å². The van der Waals surface area contributed by atoms with Crippen LogP contribution in [0.5, 0.6) is 0 Å². The zero-order chi connectivity index (χ0) is 17.9. The van der Waals surface area contributed by atoms with Crippen molar-refractivity contribution in [3.63, 3.8) is 0 Å². The Morgan fingerprint density at radius 1 is 0.962 bits per heavy atom. The van der Waals surface area contributed by atoms with Gasteiger partial charge in [-0.05, 0) is 30.0 Å². The van der Waals surface area contributed by atoms with Gasteiger partial charge >= 0.3 is 0 Å². The number of nitrogens with zero attached hydrogens (tertiary/aromatic N) is 1. The number of aromatic amines is 1. The molecule has 0 atom stereocenters. The van der Waals surface area contributed by atoms with Crippen molar-refractivity contribution >= 4 is 21.8 Å². The van der Waals surface area contributed by atoms with Crippen molar-refractivity contribution in [2.45, 2.75) is 39.0 Å². The third kappa shape index (κ3) is 3.10. The number of aromatic nitrogens is 2. The maximum absolute atomic E-state index is 14.3. The topological polar surface area (TPSA) is 28.7 Å². The first-order valence-electron chi connectivity index (χ1n) is 9.43.